The van der Waals surface area contributed by atoms with Crippen molar-refractivity contribution in [2.75, 3.05) is 26.3 Å². The average Bonchev–Trinajstić information content (AvgIpc) is 2.39. The van der Waals surface area contributed by atoms with Crippen molar-refractivity contribution in [3.63, 3.8) is 0 Å². The smallest absolute Gasteiger partial charge is 0.378 e. The number of halogens is 4. The summed E-state index contributed by atoms with van der Waals surface area (Å²) in [4.78, 5) is 1.32. The van der Waals surface area contributed by atoms with Crippen molar-refractivity contribution in [2.45, 2.75) is 6.18 Å². The fourth-order valence-corrected chi connectivity index (χ4v) is 2.69. The maximum Gasteiger partial charge on any atom is 0.432 e. The molecule has 1 aromatic carbocycles. The highest BCUT2D eigenvalue weighted by molar-refractivity contribution is 9.15. The van der Waals surface area contributed by atoms with Gasteiger partial charge in [0, 0.05) is 13.1 Å². The van der Waals surface area contributed by atoms with E-state index < -0.39 is 11.9 Å². The Balaban J connectivity index is 2.41. The van der Waals surface area contributed by atoms with Gasteiger partial charge in [-0.25, -0.2) is 0 Å². The Hall–Kier alpha value is -1.01. The van der Waals surface area contributed by atoms with E-state index in [1.54, 1.807) is 30.3 Å². The number of hydrogen-bond donors (Lipinski definition) is 0. The van der Waals surface area contributed by atoms with Crippen molar-refractivity contribution in [1.82, 2.24) is 4.90 Å². The van der Waals surface area contributed by atoms with Crippen LogP contribution in [0.25, 0.3) is 4.48 Å². The van der Waals surface area contributed by atoms with Gasteiger partial charge in [-0.3, -0.25) is 0 Å². The highest BCUT2D eigenvalue weighted by Gasteiger charge is 2.40. The number of alkyl halides is 3. The molecule has 0 aliphatic carbocycles. The molecule has 0 saturated carbocycles. The summed E-state index contributed by atoms with van der Waals surface area (Å²) in [5.41, 5.74) is -0.122. The summed E-state index contributed by atoms with van der Waals surface area (Å²) in [7, 11) is 0. The zero-order chi connectivity index (χ0) is 13.9. The Kier molecular flexibility index (Phi) is 4.52. The molecule has 1 fully saturated rings. The third kappa shape index (κ3) is 3.51. The molecule has 2 nitrogen and oxygen atoms in total. The molecule has 1 aliphatic heterocycles. The second-order valence-corrected chi connectivity index (χ2v) is 4.92. The van der Waals surface area contributed by atoms with E-state index in [2.05, 4.69) is 15.9 Å². The summed E-state index contributed by atoms with van der Waals surface area (Å²) < 4.78 is 45.0. The van der Waals surface area contributed by atoms with Gasteiger partial charge in [-0.1, -0.05) is 30.3 Å². The van der Waals surface area contributed by atoms with Crippen LogP contribution in [0.15, 0.2) is 36.0 Å². The molecule has 0 unspecified atom stereocenters. The topological polar surface area (TPSA) is 12.5 Å². The third-order valence-electron chi connectivity index (χ3n) is 2.83. The lowest BCUT2D eigenvalue weighted by molar-refractivity contribution is -0.116. The Morgan fingerprint density at radius 2 is 1.68 bits per heavy atom. The van der Waals surface area contributed by atoms with Gasteiger partial charge in [0.2, 0.25) is 0 Å². The van der Waals surface area contributed by atoms with Crippen LogP contribution in [0.5, 0.6) is 0 Å². The third-order valence-corrected chi connectivity index (χ3v) is 3.66. The van der Waals surface area contributed by atoms with Gasteiger partial charge < -0.3 is 9.64 Å². The fraction of sp³-hybridized carbons (Fsp3) is 0.385. The lowest BCUT2D eigenvalue weighted by atomic mass is 10.1. The number of ether oxygens (including phenoxy) is 1. The predicted octanol–water partition coefficient (Wildman–Crippen LogP) is 3.64. The van der Waals surface area contributed by atoms with Crippen molar-refractivity contribution in [2.24, 2.45) is 0 Å². The molecule has 0 amide bonds. The molecule has 19 heavy (non-hydrogen) atoms. The first kappa shape index (κ1) is 14.4. The van der Waals surface area contributed by atoms with Crippen LogP contribution in [0, 0.1) is 0 Å². The zero-order valence-corrected chi connectivity index (χ0v) is 11.7. The minimum absolute atomic E-state index is 0.0718. The molecule has 0 N–H and O–H groups in total. The molecule has 0 spiro atoms. The van der Waals surface area contributed by atoms with Gasteiger partial charge in [-0.2, -0.15) is 13.2 Å². The summed E-state index contributed by atoms with van der Waals surface area (Å²) in [5.74, 6) is 0. The van der Waals surface area contributed by atoms with E-state index in [1.165, 1.54) is 4.90 Å². The largest absolute Gasteiger partial charge is 0.432 e. The Morgan fingerprint density at radius 1 is 1.11 bits per heavy atom. The molecule has 104 valence electrons. The Morgan fingerprint density at radius 3 is 2.21 bits per heavy atom. The maximum atomic E-state index is 13.3. The van der Waals surface area contributed by atoms with E-state index in [9.17, 15) is 13.2 Å². The minimum atomic E-state index is -4.40. The summed E-state index contributed by atoms with van der Waals surface area (Å²) in [6.07, 6.45) is -4.40. The summed E-state index contributed by atoms with van der Waals surface area (Å²) in [5, 5.41) is 0. The molecular formula is C13H13BrF3NO. The molecule has 0 bridgehead atoms. The number of benzene rings is 1. The maximum absolute atomic E-state index is 13.3. The van der Waals surface area contributed by atoms with E-state index in [1.807, 2.05) is 0 Å². The van der Waals surface area contributed by atoms with Crippen molar-refractivity contribution in [3.8, 4) is 0 Å². The number of hydrogen-bond acceptors (Lipinski definition) is 2. The summed E-state index contributed by atoms with van der Waals surface area (Å²) in [6, 6.07) is 8.49. The first-order chi connectivity index (χ1) is 9.00. The average molecular weight is 336 g/mol. The summed E-state index contributed by atoms with van der Waals surface area (Å²) >= 11 is 3.10. The van der Waals surface area contributed by atoms with Crippen molar-refractivity contribution < 1.29 is 17.9 Å². The number of rotatable bonds is 2. The second-order valence-electron chi connectivity index (χ2n) is 4.13. The van der Waals surface area contributed by atoms with Crippen LogP contribution in [-0.2, 0) is 4.74 Å². The van der Waals surface area contributed by atoms with Crippen molar-refractivity contribution >= 4 is 20.4 Å². The SMILES string of the molecule is FC(F)(F)/C(=C(/Br)c1ccccc1)N1CCOCC1. The monoisotopic (exact) mass is 335 g/mol. The lowest BCUT2D eigenvalue weighted by Crippen LogP contribution is -2.40. The summed E-state index contributed by atoms with van der Waals surface area (Å²) in [6.45, 7) is 1.12. The molecule has 1 aliphatic rings. The first-order valence-electron chi connectivity index (χ1n) is 5.85. The first-order valence-corrected chi connectivity index (χ1v) is 6.64. The van der Waals surface area contributed by atoms with Gasteiger partial charge in [-0.15, -0.1) is 0 Å². The second kappa shape index (κ2) is 5.96. The van der Waals surface area contributed by atoms with Crippen LogP contribution < -0.4 is 0 Å². The Labute approximate surface area is 118 Å². The minimum Gasteiger partial charge on any atom is -0.378 e. The van der Waals surface area contributed by atoms with Crippen LogP contribution >= 0.6 is 15.9 Å². The molecule has 1 heterocycles. The van der Waals surface area contributed by atoms with E-state index >= 15 is 0 Å². The molecule has 2 rings (SSSR count). The number of morpholine rings is 1. The Bertz CT molecular complexity index is 453. The lowest BCUT2D eigenvalue weighted by Gasteiger charge is -2.32. The number of allylic oxidation sites excluding steroid dienone is 1. The van der Waals surface area contributed by atoms with Crippen LogP contribution in [-0.4, -0.2) is 37.4 Å². The molecule has 1 aromatic rings. The fourth-order valence-electron chi connectivity index (χ4n) is 1.95. The molecule has 1 saturated heterocycles. The number of nitrogens with zero attached hydrogens (tertiary/aromatic N) is 1. The van der Waals surface area contributed by atoms with Gasteiger partial charge in [0.1, 0.15) is 5.70 Å². The molecule has 0 atom stereocenters. The quantitative estimate of drug-likeness (QED) is 0.818. The highest BCUT2D eigenvalue weighted by atomic mass is 79.9. The molecule has 0 radical (unpaired) electrons. The van der Waals surface area contributed by atoms with Gasteiger partial charge >= 0.3 is 6.18 Å². The van der Waals surface area contributed by atoms with Gasteiger partial charge in [-0.05, 0) is 21.5 Å². The van der Waals surface area contributed by atoms with Crippen LogP contribution in [0.1, 0.15) is 5.56 Å². The van der Waals surface area contributed by atoms with Crippen molar-refractivity contribution in [3.05, 3.63) is 41.6 Å². The zero-order valence-electron chi connectivity index (χ0n) is 10.1. The van der Waals surface area contributed by atoms with E-state index in [4.69, 9.17) is 4.74 Å². The van der Waals surface area contributed by atoms with Crippen LogP contribution in [0.3, 0.4) is 0 Å². The van der Waals surface area contributed by atoms with E-state index in [-0.39, 0.29) is 17.6 Å². The molecular weight excluding hydrogens is 323 g/mol. The predicted molar refractivity (Wildman–Crippen MR) is 70.7 cm³/mol. The standard InChI is InChI=1S/C13H13BrF3NO/c14-11(10-4-2-1-3-5-10)12(13(15,16)17)18-6-8-19-9-7-18/h1-5H,6-9H2/b12-11-. The van der Waals surface area contributed by atoms with Gasteiger partial charge in [0.15, 0.2) is 0 Å². The van der Waals surface area contributed by atoms with Crippen LogP contribution in [0.4, 0.5) is 13.2 Å². The van der Waals surface area contributed by atoms with Gasteiger partial charge in [0.25, 0.3) is 0 Å². The van der Waals surface area contributed by atoms with E-state index in [0.717, 1.165) is 0 Å². The van der Waals surface area contributed by atoms with E-state index in [0.29, 0.717) is 18.8 Å². The highest BCUT2D eigenvalue weighted by Crippen LogP contribution is 2.38. The van der Waals surface area contributed by atoms with Crippen molar-refractivity contribution in [1.29, 1.82) is 0 Å². The van der Waals surface area contributed by atoms with Crippen LogP contribution in [0.2, 0.25) is 0 Å². The normalized spacial score (nSPS) is 18.2. The van der Waals surface area contributed by atoms with Gasteiger partial charge in [0.05, 0.1) is 17.7 Å². The molecule has 6 heteroatoms. The molecule has 0 aromatic heterocycles.